The molecule has 0 aliphatic carbocycles. The SMILES string of the molecule is C=C=C(c1cccc(Br)c1)C(F)(F)F. The molecule has 0 heterocycles. The maximum atomic E-state index is 12.4. The van der Waals surface area contributed by atoms with Gasteiger partial charge in [-0.15, -0.1) is 5.73 Å². The van der Waals surface area contributed by atoms with Crippen LogP contribution in [0.15, 0.2) is 41.0 Å². The number of hydrogen-bond acceptors (Lipinski definition) is 0. The summed E-state index contributed by atoms with van der Waals surface area (Å²) in [6.45, 7) is 3.04. The van der Waals surface area contributed by atoms with Crippen LogP contribution >= 0.6 is 15.9 Å². The van der Waals surface area contributed by atoms with Crippen molar-refractivity contribution in [2.75, 3.05) is 0 Å². The second-order valence-electron chi connectivity index (χ2n) is 2.56. The molecule has 1 aromatic carbocycles. The van der Waals surface area contributed by atoms with Gasteiger partial charge in [-0.1, -0.05) is 34.6 Å². The van der Waals surface area contributed by atoms with E-state index in [9.17, 15) is 13.2 Å². The largest absolute Gasteiger partial charge is 0.424 e. The highest BCUT2D eigenvalue weighted by Crippen LogP contribution is 2.33. The fourth-order valence-corrected chi connectivity index (χ4v) is 1.41. The Bertz CT molecular complexity index is 387. The van der Waals surface area contributed by atoms with E-state index in [4.69, 9.17) is 0 Å². The average Bonchev–Trinajstić information content (AvgIpc) is 2.02. The molecular formula is C10H6BrF3. The van der Waals surface area contributed by atoms with Crippen molar-refractivity contribution in [2.45, 2.75) is 6.18 Å². The molecule has 0 saturated heterocycles. The molecule has 1 rings (SSSR count). The lowest BCUT2D eigenvalue weighted by molar-refractivity contribution is -0.0687. The maximum absolute atomic E-state index is 12.4. The van der Waals surface area contributed by atoms with Crippen molar-refractivity contribution >= 4 is 21.5 Å². The zero-order chi connectivity index (χ0) is 10.8. The molecule has 4 heteroatoms. The molecule has 74 valence electrons. The lowest BCUT2D eigenvalue weighted by Crippen LogP contribution is -2.09. The van der Waals surface area contributed by atoms with Gasteiger partial charge >= 0.3 is 6.18 Å². The van der Waals surface area contributed by atoms with Crippen LogP contribution in [-0.4, -0.2) is 6.18 Å². The molecule has 0 aliphatic rings. The first-order valence-electron chi connectivity index (χ1n) is 3.68. The summed E-state index contributed by atoms with van der Waals surface area (Å²) in [7, 11) is 0. The first-order chi connectivity index (χ1) is 6.45. The lowest BCUT2D eigenvalue weighted by atomic mass is 10.1. The third-order valence-electron chi connectivity index (χ3n) is 1.57. The number of allylic oxidation sites excluding steroid dienone is 1. The van der Waals surface area contributed by atoms with Crippen LogP contribution in [0.25, 0.3) is 5.57 Å². The molecule has 14 heavy (non-hydrogen) atoms. The normalized spacial score (nSPS) is 10.9. The van der Waals surface area contributed by atoms with Crippen LogP contribution in [-0.2, 0) is 0 Å². The van der Waals surface area contributed by atoms with E-state index in [0.717, 1.165) is 0 Å². The summed E-state index contributed by atoms with van der Waals surface area (Å²) in [6, 6.07) is 5.93. The highest BCUT2D eigenvalue weighted by atomic mass is 79.9. The topological polar surface area (TPSA) is 0 Å². The predicted octanol–water partition coefficient (Wildman–Crippen LogP) is 4.18. The van der Waals surface area contributed by atoms with Crippen LogP contribution in [0.2, 0.25) is 0 Å². The van der Waals surface area contributed by atoms with Gasteiger partial charge in [0.2, 0.25) is 0 Å². The lowest BCUT2D eigenvalue weighted by Gasteiger charge is -2.09. The van der Waals surface area contributed by atoms with Crippen LogP contribution in [0, 0.1) is 0 Å². The Kier molecular flexibility index (Phi) is 3.19. The van der Waals surface area contributed by atoms with E-state index in [1.165, 1.54) is 18.2 Å². The third-order valence-corrected chi connectivity index (χ3v) is 2.07. The Morgan fingerprint density at radius 3 is 2.43 bits per heavy atom. The minimum atomic E-state index is -4.41. The molecule has 0 radical (unpaired) electrons. The second kappa shape index (κ2) is 4.03. The smallest absolute Gasteiger partial charge is 0.165 e. The summed E-state index contributed by atoms with van der Waals surface area (Å²) in [5.74, 6) is 0. The Hall–Kier alpha value is -0.990. The van der Waals surface area contributed by atoms with Gasteiger partial charge in [-0.3, -0.25) is 0 Å². The first-order valence-corrected chi connectivity index (χ1v) is 4.47. The molecule has 0 aromatic heterocycles. The third kappa shape index (κ3) is 2.50. The average molecular weight is 263 g/mol. The number of halogens is 4. The van der Waals surface area contributed by atoms with Crippen molar-refractivity contribution in [3.05, 3.63) is 46.6 Å². The van der Waals surface area contributed by atoms with E-state index in [0.29, 0.717) is 4.47 Å². The van der Waals surface area contributed by atoms with Gasteiger partial charge in [-0.05, 0) is 17.7 Å². The van der Waals surface area contributed by atoms with Crippen LogP contribution < -0.4 is 0 Å². The van der Waals surface area contributed by atoms with Gasteiger partial charge in [-0.2, -0.15) is 13.2 Å². The van der Waals surface area contributed by atoms with Gasteiger partial charge < -0.3 is 0 Å². The van der Waals surface area contributed by atoms with Crippen molar-refractivity contribution in [3.63, 3.8) is 0 Å². The molecule has 0 N–H and O–H groups in total. The summed E-state index contributed by atoms with van der Waals surface area (Å²) in [5.41, 5.74) is 1.12. The van der Waals surface area contributed by atoms with Gasteiger partial charge in [0.15, 0.2) is 0 Å². The Labute approximate surface area is 87.9 Å². The van der Waals surface area contributed by atoms with E-state index >= 15 is 0 Å². The summed E-state index contributed by atoms with van der Waals surface area (Å²) < 4.78 is 37.7. The van der Waals surface area contributed by atoms with Crippen LogP contribution in [0.5, 0.6) is 0 Å². The summed E-state index contributed by atoms with van der Waals surface area (Å²) >= 11 is 3.10. The zero-order valence-electron chi connectivity index (χ0n) is 7.03. The zero-order valence-corrected chi connectivity index (χ0v) is 8.61. The van der Waals surface area contributed by atoms with E-state index in [2.05, 4.69) is 22.5 Å². The van der Waals surface area contributed by atoms with Crippen molar-refractivity contribution in [3.8, 4) is 0 Å². The summed E-state index contributed by atoms with van der Waals surface area (Å²) in [5, 5.41) is 0. The van der Waals surface area contributed by atoms with Gasteiger partial charge in [0, 0.05) is 4.47 Å². The van der Waals surface area contributed by atoms with E-state index in [1.54, 1.807) is 6.07 Å². The molecule has 1 aromatic rings. The highest BCUT2D eigenvalue weighted by Gasteiger charge is 2.34. The van der Waals surface area contributed by atoms with E-state index in [-0.39, 0.29) is 5.56 Å². The van der Waals surface area contributed by atoms with Crippen molar-refractivity contribution in [1.82, 2.24) is 0 Å². The second-order valence-corrected chi connectivity index (χ2v) is 3.48. The van der Waals surface area contributed by atoms with Gasteiger partial charge in [-0.25, -0.2) is 0 Å². The molecule has 0 nitrogen and oxygen atoms in total. The quantitative estimate of drug-likeness (QED) is 0.667. The van der Waals surface area contributed by atoms with E-state index < -0.39 is 11.7 Å². The van der Waals surface area contributed by atoms with Crippen LogP contribution in [0.1, 0.15) is 5.56 Å². The number of hydrogen-bond donors (Lipinski definition) is 0. The minimum Gasteiger partial charge on any atom is -0.165 e. The standard InChI is InChI=1S/C10H6BrF3/c1-2-9(10(12,13)14)7-4-3-5-8(11)6-7/h3-6H,1H2. The molecular weight excluding hydrogens is 257 g/mol. The maximum Gasteiger partial charge on any atom is 0.424 e. The predicted molar refractivity (Wildman–Crippen MR) is 52.7 cm³/mol. The highest BCUT2D eigenvalue weighted by molar-refractivity contribution is 9.10. The molecule has 0 bridgehead atoms. The Balaban J connectivity index is 3.23. The molecule has 0 unspecified atom stereocenters. The molecule has 0 fully saturated rings. The number of alkyl halides is 3. The van der Waals surface area contributed by atoms with Crippen LogP contribution in [0.3, 0.4) is 0 Å². The monoisotopic (exact) mass is 262 g/mol. The van der Waals surface area contributed by atoms with Crippen molar-refractivity contribution < 1.29 is 13.2 Å². The fourth-order valence-electron chi connectivity index (χ4n) is 1.01. The fraction of sp³-hybridized carbons (Fsp3) is 0.100. The number of benzene rings is 1. The minimum absolute atomic E-state index is 0.0573. The Morgan fingerprint density at radius 1 is 1.36 bits per heavy atom. The number of rotatable bonds is 1. The van der Waals surface area contributed by atoms with Gasteiger partial charge in [0.1, 0.15) is 5.57 Å². The first kappa shape index (κ1) is 11.1. The molecule has 0 aliphatic heterocycles. The van der Waals surface area contributed by atoms with Gasteiger partial charge in [0.25, 0.3) is 0 Å². The molecule has 0 amide bonds. The van der Waals surface area contributed by atoms with Crippen molar-refractivity contribution in [2.24, 2.45) is 0 Å². The molecule has 0 atom stereocenters. The molecule has 0 spiro atoms. The summed E-state index contributed by atoms with van der Waals surface area (Å²) in [4.78, 5) is 0. The van der Waals surface area contributed by atoms with Gasteiger partial charge in [0.05, 0.1) is 0 Å². The molecule has 0 saturated carbocycles. The Morgan fingerprint density at radius 2 is 2.00 bits per heavy atom. The van der Waals surface area contributed by atoms with Crippen molar-refractivity contribution in [1.29, 1.82) is 0 Å². The van der Waals surface area contributed by atoms with Crippen LogP contribution in [0.4, 0.5) is 13.2 Å². The van der Waals surface area contributed by atoms with E-state index in [1.807, 2.05) is 5.73 Å². The summed E-state index contributed by atoms with van der Waals surface area (Å²) in [6.07, 6.45) is -4.41.